The number of aryl methyl sites for hydroxylation is 2. The number of hydrazone groups is 1. The number of hydrogen-bond acceptors (Lipinski definition) is 5. The molecule has 6 nitrogen and oxygen atoms in total. The van der Waals surface area contributed by atoms with Gasteiger partial charge in [0.2, 0.25) is 0 Å². The Hall–Kier alpha value is -2.85. The van der Waals surface area contributed by atoms with Crippen molar-refractivity contribution in [3.8, 4) is 11.8 Å². The summed E-state index contributed by atoms with van der Waals surface area (Å²) in [5, 5.41) is 12.5. The normalized spacial score (nSPS) is 11.7. The van der Waals surface area contributed by atoms with Gasteiger partial charge < -0.3 is 4.74 Å². The Labute approximate surface area is 147 Å². The zero-order valence-corrected chi connectivity index (χ0v) is 15.1. The summed E-state index contributed by atoms with van der Waals surface area (Å²) in [6.45, 7) is 5.26. The molecule has 2 aromatic rings. The first-order chi connectivity index (χ1) is 11.8. The van der Waals surface area contributed by atoms with E-state index in [1.807, 2.05) is 19.1 Å². The summed E-state index contributed by atoms with van der Waals surface area (Å²) in [6, 6.07) is 14.0. The lowest BCUT2D eigenvalue weighted by molar-refractivity contribution is 0.368. The van der Waals surface area contributed by atoms with Crippen molar-refractivity contribution in [1.29, 1.82) is 5.26 Å². The summed E-state index contributed by atoms with van der Waals surface area (Å²) in [5.74, 6) is 0.564. The molecular weight excluding hydrogens is 338 g/mol. The van der Waals surface area contributed by atoms with Gasteiger partial charge in [-0.05, 0) is 67.8 Å². The van der Waals surface area contributed by atoms with Crippen molar-refractivity contribution in [3.63, 3.8) is 0 Å². The van der Waals surface area contributed by atoms with Crippen LogP contribution in [0.2, 0.25) is 0 Å². The molecule has 0 radical (unpaired) electrons. The van der Waals surface area contributed by atoms with Crippen LogP contribution in [-0.2, 0) is 10.0 Å². The van der Waals surface area contributed by atoms with Crippen molar-refractivity contribution < 1.29 is 13.2 Å². The zero-order chi connectivity index (χ0) is 18.4. The lowest BCUT2D eigenvalue weighted by Crippen LogP contribution is -2.21. The Morgan fingerprint density at radius 2 is 1.88 bits per heavy atom. The molecule has 1 N–H and O–H groups in total. The molecule has 130 valence electrons. The van der Waals surface area contributed by atoms with E-state index in [4.69, 9.17) is 10.00 Å². The van der Waals surface area contributed by atoms with Gasteiger partial charge in [0, 0.05) is 0 Å². The van der Waals surface area contributed by atoms with Crippen LogP contribution in [0.15, 0.2) is 52.5 Å². The third-order valence-electron chi connectivity index (χ3n) is 3.54. The average Bonchev–Trinajstić information content (AvgIpc) is 2.60. The number of hydrogen-bond donors (Lipinski definition) is 1. The number of nitriles is 1. The van der Waals surface area contributed by atoms with Crippen LogP contribution in [-0.4, -0.2) is 20.7 Å². The second-order valence-electron chi connectivity index (χ2n) is 5.53. The van der Waals surface area contributed by atoms with Gasteiger partial charge in [-0.3, -0.25) is 0 Å². The molecule has 0 aromatic heterocycles. The van der Waals surface area contributed by atoms with E-state index < -0.39 is 10.0 Å². The van der Waals surface area contributed by atoms with Gasteiger partial charge in [0.05, 0.1) is 10.6 Å². The molecule has 0 aliphatic heterocycles. The molecule has 0 atom stereocenters. The van der Waals surface area contributed by atoms with E-state index >= 15 is 0 Å². The third kappa shape index (κ3) is 4.81. The van der Waals surface area contributed by atoms with Crippen molar-refractivity contribution in [2.75, 3.05) is 6.61 Å². The fraction of sp³-hybridized carbons (Fsp3) is 0.222. The fourth-order valence-corrected chi connectivity index (χ4v) is 3.34. The Balaban J connectivity index is 2.17. The number of nitrogens with zero attached hydrogens (tertiary/aromatic N) is 2. The van der Waals surface area contributed by atoms with E-state index in [1.165, 1.54) is 0 Å². The first-order valence-electron chi connectivity index (χ1n) is 7.57. The molecule has 0 amide bonds. The molecule has 0 heterocycles. The molecule has 0 saturated heterocycles. The molecule has 0 bridgehead atoms. The van der Waals surface area contributed by atoms with Crippen molar-refractivity contribution in [2.24, 2.45) is 5.10 Å². The largest absolute Gasteiger partial charge is 0.479 e. The van der Waals surface area contributed by atoms with Gasteiger partial charge in [-0.2, -0.15) is 23.6 Å². The first kappa shape index (κ1) is 18.5. The Kier molecular flexibility index (Phi) is 5.78. The lowest BCUT2D eigenvalue weighted by atomic mass is 10.1. The SMILES string of the molecule is C/C(=N/NS(=O)(=O)c1cc(C)ccc1C)c1ccc(OCC#N)cc1. The maximum atomic E-state index is 12.4. The molecular formula is C18H19N3O3S. The summed E-state index contributed by atoms with van der Waals surface area (Å²) in [5.41, 5.74) is 2.78. The zero-order valence-electron chi connectivity index (χ0n) is 14.3. The van der Waals surface area contributed by atoms with Crippen LogP contribution in [0.1, 0.15) is 23.6 Å². The van der Waals surface area contributed by atoms with E-state index in [1.54, 1.807) is 50.2 Å². The highest BCUT2D eigenvalue weighted by Gasteiger charge is 2.16. The molecule has 0 unspecified atom stereocenters. The Morgan fingerprint density at radius 3 is 2.52 bits per heavy atom. The molecule has 0 saturated carbocycles. The van der Waals surface area contributed by atoms with Gasteiger partial charge in [0.25, 0.3) is 10.0 Å². The van der Waals surface area contributed by atoms with Gasteiger partial charge in [-0.25, -0.2) is 0 Å². The van der Waals surface area contributed by atoms with Crippen LogP contribution < -0.4 is 9.57 Å². The number of nitrogens with one attached hydrogen (secondary N) is 1. The maximum Gasteiger partial charge on any atom is 0.276 e. The quantitative estimate of drug-likeness (QED) is 0.635. The molecule has 0 spiro atoms. The average molecular weight is 357 g/mol. The number of benzene rings is 2. The molecule has 2 aromatic carbocycles. The highest BCUT2D eigenvalue weighted by Crippen LogP contribution is 2.17. The van der Waals surface area contributed by atoms with Crippen molar-refractivity contribution in [3.05, 3.63) is 59.2 Å². The highest BCUT2D eigenvalue weighted by molar-refractivity contribution is 7.89. The number of sulfonamides is 1. The minimum atomic E-state index is -3.73. The summed E-state index contributed by atoms with van der Waals surface area (Å²) in [7, 11) is -3.73. The maximum absolute atomic E-state index is 12.4. The third-order valence-corrected chi connectivity index (χ3v) is 4.89. The van der Waals surface area contributed by atoms with Crippen molar-refractivity contribution in [2.45, 2.75) is 25.7 Å². The summed E-state index contributed by atoms with van der Waals surface area (Å²) < 4.78 is 30.1. The van der Waals surface area contributed by atoms with Crippen LogP contribution in [0.5, 0.6) is 5.75 Å². The first-order valence-corrected chi connectivity index (χ1v) is 9.05. The van der Waals surface area contributed by atoms with E-state index in [0.29, 0.717) is 17.0 Å². The molecule has 0 aliphatic carbocycles. The molecule has 7 heteroatoms. The number of ether oxygens (including phenoxy) is 1. The second kappa shape index (κ2) is 7.81. The van der Waals surface area contributed by atoms with E-state index in [0.717, 1.165) is 11.1 Å². The van der Waals surface area contributed by atoms with Crippen LogP contribution in [0, 0.1) is 25.2 Å². The van der Waals surface area contributed by atoms with E-state index in [2.05, 4.69) is 9.93 Å². The van der Waals surface area contributed by atoms with Crippen molar-refractivity contribution >= 4 is 15.7 Å². The lowest BCUT2D eigenvalue weighted by Gasteiger charge is -2.09. The molecule has 0 aliphatic rings. The molecule has 2 rings (SSSR count). The minimum Gasteiger partial charge on any atom is -0.479 e. The standard InChI is InChI=1S/C18H19N3O3S/c1-13-4-5-14(2)18(12-13)25(22,23)21-20-15(3)16-6-8-17(9-7-16)24-11-10-19/h4-9,12,21H,11H2,1-3H3/b20-15-. The van der Waals surface area contributed by atoms with Crippen LogP contribution in [0.25, 0.3) is 0 Å². The van der Waals surface area contributed by atoms with Crippen LogP contribution in [0.4, 0.5) is 0 Å². The summed E-state index contributed by atoms with van der Waals surface area (Å²) in [6.07, 6.45) is 0. The molecule has 25 heavy (non-hydrogen) atoms. The highest BCUT2D eigenvalue weighted by atomic mass is 32.2. The van der Waals surface area contributed by atoms with E-state index in [9.17, 15) is 8.42 Å². The predicted octanol–water partition coefficient (Wildman–Crippen LogP) is 2.91. The topological polar surface area (TPSA) is 91.6 Å². The second-order valence-corrected chi connectivity index (χ2v) is 7.16. The van der Waals surface area contributed by atoms with Gasteiger partial charge in [-0.15, -0.1) is 0 Å². The monoisotopic (exact) mass is 357 g/mol. The number of rotatable bonds is 6. The van der Waals surface area contributed by atoms with Gasteiger partial charge >= 0.3 is 0 Å². The van der Waals surface area contributed by atoms with Crippen LogP contribution in [0.3, 0.4) is 0 Å². The minimum absolute atomic E-state index is 0.0257. The Bertz CT molecular complexity index is 927. The summed E-state index contributed by atoms with van der Waals surface area (Å²) in [4.78, 5) is 2.49. The Morgan fingerprint density at radius 1 is 1.20 bits per heavy atom. The predicted molar refractivity (Wildman–Crippen MR) is 96.0 cm³/mol. The van der Waals surface area contributed by atoms with Crippen molar-refractivity contribution in [1.82, 2.24) is 4.83 Å². The van der Waals surface area contributed by atoms with Gasteiger partial charge in [-0.1, -0.05) is 12.1 Å². The van der Waals surface area contributed by atoms with Gasteiger partial charge in [0.1, 0.15) is 11.8 Å². The summed E-state index contributed by atoms with van der Waals surface area (Å²) >= 11 is 0. The van der Waals surface area contributed by atoms with Crippen LogP contribution >= 0.6 is 0 Å². The van der Waals surface area contributed by atoms with Gasteiger partial charge in [0.15, 0.2) is 6.61 Å². The smallest absolute Gasteiger partial charge is 0.276 e. The molecule has 0 fully saturated rings. The fourth-order valence-electron chi connectivity index (χ4n) is 2.15. The van der Waals surface area contributed by atoms with E-state index in [-0.39, 0.29) is 11.5 Å².